The largest absolute Gasteiger partial charge is 0.327 e. The van der Waals surface area contributed by atoms with E-state index in [-0.39, 0.29) is 5.91 Å². The summed E-state index contributed by atoms with van der Waals surface area (Å²) in [5, 5.41) is 5.41. The molecule has 1 saturated heterocycles. The molecule has 24 heavy (non-hydrogen) atoms. The van der Waals surface area contributed by atoms with Crippen LogP contribution in [0.5, 0.6) is 0 Å². The number of benzene rings is 2. The van der Waals surface area contributed by atoms with Gasteiger partial charge in [0.25, 0.3) is 5.91 Å². The van der Waals surface area contributed by atoms with Gasteiger partial charge in [0.1, 0.15) is 5.70 Å². The lowest BCUT2D eigenvalue weighted by atomic mass is 10.1. The third kappa shape index (κ3) is 2.45. The van der Waals surface area contributed by atoms with Crippen LogP contribution in [0.15, 0.2) is 72.6 Å². The molecule has 4 rings (SSSR count). The molecule has 0 saturated carbocycles. The highest BCUT2D eigenvalue weighted by molar-refractivity contribution is 7.80. The number of nitrogens with one attached hydrogen (secondary N) is 1. The van der Waals surface area contributed by atoms with Crippen molar-refractivity contribution in [3.63, 3.8) is 0 Å². The van der Waals surface area contributed by atoms with Gasteiger partial charge in [-0.3, -0.25) is 14.7 Å². The van der Waals surface area contributed by atoms with E-state index in [1.54, 1.807) is 12.3 Å². The molecular weight excluding hydrogens is 318 g/mol. The van der Waals surface area contributed by atoms with Gasteiger partial charge >= 0.3 is 0 Å². The lowest BCUT2D eigenvalue weighted by Gasteiger charge is -2.16. The van der Waals surface area contributed by atoms with Crippen molar-refractivity contribution < 1.29 is 4.79 Å². The number of carbonyl (C=O) groups is 1. The second-order valence-corrected chi connectivity index (χ2v) is 5.77. The number of pyridine rings is 1. The lowest BCUT2D eigenvalue weighted by molar-refractivity contribution is -0.113. The van der Waals surface area contributed by atoms with Crippen molar-refractivity contribution in [2.24, 2.45) is 0 Å². The summed E-state index contributed by atoms with van der Waals surface area (Å²) in [7, 11) is 0. The zero-order valence-electron chi connectivity index (χ0n) is 12.6. The zero-order chi connectivity index (χ0) is 16.5. The first-order valence-corrected chi connectivity index (χ1v) is 7.91. The van der Waals surface area contributed by atoms with E-state index < -0.39 is 0 Å². The zero-order valence-corrected chi connectivity index (χ0v) is 13.5. The number of thiocarbonyl (C=S) groups is 1. The van der Waals surface area contributed by atoms with Crippen LogP contribution in [0.1, 0.15) is 5.69 Å². The number of aromatic nitrogens is 1. The molecule has 0 spiro atoms. The molecule has 1 fully saturated rings. The molecule has 3 aromatic rings. The van der Waals surface area contributed by atoms with Crippen LogP contribution in [0.2, 0.25) is 0 Å². The second-order valence-electron chi connectivity index (χ2n) is 5.38. The maximum Gasteiger partial charge on any atom is 0.281 e. The first-order valence-electron chi connectivity index (χ1n) is 7.50. The smallest absolute Gasteiger partial charge is 0.281 e. The van der Waals surface area contributed by atoms with Crippen molar-refractivity contribution in [2.75, 3.05) is 4.90 Å². The SMILES string of the molecule is O=C1/C(=C/c2ccccn2)NC(=S)N1c1cccc2ccccc12. The number of hydrogen-bond acceptors (Lipinski definition) is 3. The van der Waals surface area contributed by atoms with Gasteiger partial charge in [-0.1, -0.05) is 42.5 Å². The Hall–Kier alpha value is -3.05. The van der Waals surface area contributed by atoms with Crippen LogP contribution < -0.4 is 10.2 Å². The van der Waals surface area contributed by atoms with E-state index in [1.807, 2.05) is 60.7 Å². The molecule has 1 N–H and O–H groups in total. The minimum absolute atomic E-state index is 0.179. The Balaban J connectivity index is 1.78. The fourth-order valence-corrected chi connectivity index (χ4v) is 3.06. The maximum absolute atomic E-state index is 12.8. The highest BCUT2D eigenvalue weighted by Crippen LogP contribution is 2.30. The molecule has 4 nitrogen and oxygen atoms in total. The summed E-state index contributed by atoms with van der Waals surface area (Å²) in [6, 6.07) is 19.3. The van der Waals surface area contributed by atoms with Crippen LogP contribution in [0, 0.1) is 0 Å². The summed E-state index contributed by atoms with van der Waals surface area (Å²) in [4.78, 5) is 18.6. The first kappa shape index (κ1) is 14.5. The standard InChI is InChI=1S/C19H13N3OS/c23-18-16(12-14-8-3-4-11-20-14)21-19(24)22(18)17-10-5-7-13-6-1-2-9-15(13)17/h1-12H,(H,21,24)/b16-12-. The Morgan fingerprint density at radius 3 is 2.62 bits per heavy atom. The molecule has 2 aromatic carbocycles. The van der Waals surface area contributed by atoms with Crippen LogP contribution in [-0.4, -0.2) is 16.0 Å². The molecule has 5 heteroatoms. The Labute approximate surface area is 144 Å². The van der Waals surface area contributed by atoms with Crippen molar-refractivity contribution >= 4 is 45.8 Å². The van der Waals surface area contributed by atoms with Gasteiger partial charge in [0, 0.05) is 11.6 Å². The number of anilines is 1. The molecule has 1 aliphatic rings. The topological polar surface area (TPSA) is 45.2 Å². The third-order valence-electron chi connectivity index (χ3n) is 3.87. The fourth-order valence-electron chi connectivity index (χ4n) is 2.77. The van der Waals surface area contributed by atoms with Crippen LogP contribution in [0.4, 0.5) is 5.69 Å². The minimum atomic E-state index is -0.179. The highest BCUT2D eigenvalue weighted by atomic mass is 32.1. The van der Waals surface area contributed by atoms with Crippen LogP contribution in [-0.2, 0) is 4.79 Å². The molecule has 0 radical (unpaired) electrons. The van der Waals surface area contributed by atoms with E-state index in [2.05, 4.69) is 10.3 Å². The van der Waals surface area contributed by atoms with Gasteiger partial charge in [-0.2, -0.15) is 0 Å². The average Bonchev–Trinajstić information content (AvgIpc) is 2.89. The summed E-state index contributed by atoms with van der Waals surface area (Å²) in [6.07, 6.45) is 3.40. The Kier molecular flexibility index (Phi) is 3.55. The van der Waals surface area contributed by atoms with Crippen LogP contribution in [0.3, 0.4) is 0 Å². The molecule has 1 aliphatic heterocycles. The van der Waals surface area contributed by atoms with E-state index in [0.717, 1.165) is 16.5 Å². The molecule has 0 atom stereocenters. The highest BCUT2D eigenvalue weighted by Gasteiger charge is 2.32. The van der Waals surface area contributed by atoms with Gasteiger partial charge in [0.2, 0.25) is 0 Å². The molecule has 0 bridgehead atoms. The molecule has 1 aromatic heterocycles. The second kappa shape index (κ2) is 5.86. The molecule has 1 amide bonds. The van der Waals surface area contributed by atoms with Crippen molar-refractivity contribution in [3.05, 3.63) is 78.3 Å². The Morgan fingerprint density at radius 2 is 1.79 bits per heavy atom. The normalized spacial score (nSPS) is 16.0. The summed E-state index contributed by atoms with van der Waals surface area (Å²) < 4.78 is 0. The van der Waals surface area contributed by atoms with Crippen molar-refractivity contribution in [3.8, 4) is 0 Å². The van der Waals surface area contributed by atoms with E-state index in [1.165, 1.54) is 4.90 Å². The summed E-state index contributed by atoms with van der Waals surface area (Å²) in [5.41, 5.74) is 1.91. The van der Waals surface area contributed by atoms with E-state index in [4.69, 9.17) is 12.2 Å². The van der Waals surface area contributed by atoms with Crippen LogP contribution >= 0.6 is 12.2 Å². The quantitative estimate of drug-likeness (QED) is 0.577. The van der Waals surface area contributed by atoms with Crippen molar-refractivity contribution in [1.29, 1.82) is 0 Å². The third-order valence-corrected chi connectivity index (χ3v) is 4.15. The van der Waals surface area contributed by atoms with Gasteiger partial charge in [0.15, 0.2) is 5.11 Å². The first-order chi connectivity index (χ1) is 11.7. The predicted octanol–water partition coefficient (Wildman–Crippen LogP) is 3.50. The summed E-state index contributed by atoms with van der Waals surface area (Å²) in [5.74, 6) is -0.179. The van der Waals surface area contributed by atoms with Gasteiger partial charge in [-0.15, -0.1) is 0 Å². The van der Waals surface area contributed by atoms with E-state index >= 15 is 0 Å². The number of rotatable bonds is 2. The number of hydrogen-bond donors (Lipinski definition) is 1. The number of fused-ring (bicyclic) bond motifs is 1. The van der Waals surface area contributed by atoms with E-state index in [9.17, 15) is 4.79 Å². The van der Waals surface area contributed by atoms with Gasteiger partial charge in [0.05, 0.1) is 11.4 Å². The molecule has 0 aliphatic carbocycles. The number of carbonyl (C=O) groups excluding carboxylic acids is 1. The molecular formula is C19H13N3OS. The average molecular weight is 331 g/mol. The minimum Gasteiger partial charge on any atom is -0.327 e. The van der Waals surface area contributed by atoms with Gasteiger partial charge in [-0.25, -0.2) is 0 Å². The molecule has 2 heterocycles. The number of nitrogens with zero attached hydrogens (tertiary/aromatic N) is 2. The van der Waals surface area contributed by atoms with E-state index in [0.29, 0.717) is 16.5 Å². The Morgan fingerprint density at radius 1 is 1.00 bits per heavy atom. The number of amides is 1. The fraction of sp³-hybridized carbons (Fsp3) is 0. The monoisotopic (exact) mass is 331 g/mol. The van der Waals surface area contributed by atoms with Crippen molar-refractivity contribution in [2.45, 2.75) is 0 Å². The lowest BCUT2D eigenvalue weighted by Crippen LogP contribution is -2.30. The molecule has 116 valence electrons. The van der Waals surface area contributed by atoms with Gasteiger partial charge in [-0.05, 0) is 41.9 Å². The van der Waals surface area contributed by atoms with Crippen molar-refractivity contribution in [1.82, 2.24) is 10.3 Å². The Bertz CT molecular complexity index is 977. The molecule has 0 unspecified atom stereocenters. The summed E-state index contributed by atoms with van der Waals surface area (Å²) >= 11 is 5.39. The van der Waals surface area contributed by atoms with Gasteiger partial charge < -0.3 is 5.32 Å². The summed E-state index contributed by atoms with van der Waals surface area (Å²) in [6.45, 7) is 0. The van der Waals surface area contributed by atoms with Crippen LogP contribution in [0.25, 0.3) is 16.8 Å². The maximum atomic E-state index is 12.8. The predicted molar refractivity (Wildman–Crippen MR) is 99.4 cm³/mol.